The Morgan fingerprint density at radius 3 is 2.32 bits per heavy atom. The summed E-state index contributed by atoms with van der Waals surface area (Å²) >= 11 is 0. The van der Waals surface area contributed by atoms with Crippen LogP contribution in [0.1, 0.15) is 18.4 Å². The maximum atomic E-state index is 14.0. The average Bonchev–Trinajstić information content (AvgIpc) is 2.83. The lowest BCUT2D eigenvalue weighted by atomic mass is 9.96. The van der Waals surface area contributed by atoms with Gasteiger partial charge < -0.3 is 14.7 Å². The number of hydrogen-bond donors (Lipinski definition) is 0. The summed E-state index contributed by atoms with van der Waals surface area (Å²) < 4.78 is 14.0. The van der Waals surface area contributed by atoms with Crippen LogP contribution in [0.5, 0.6) is 0 Å². The van der Waals surface area contributed by atoms with Crippen LogP contribution in [0.3, 0.4) is 0 Å². The molecule has 0 aromatic heterocycles. The Kier molecular flexibility index (Phi) is 6.65. The van der Waals surface area contributed by atoms with Crippen molar-refractivity contribution >= 4 is 23.6 Å². The van der Waals surface area contributed by atoms with Crippen molar-refractivity contribution in [3.63, 3.8) is 0 Å². The highest BCUT2D eigenvalue weighted by Gasteiger charge is 2.32. The molecule has 4 rings (SSSR count). The van der Waals surface area contributed by atoms with Gasteiger partial charge in [0.05, 0.1) is 11.6 Å². The van der Waals surface area contributed by atoms with Gasteiger partial charge in [-0.05, 0) is 36.6 Å². The summed E-state index contributed by atoms with van der Waals surface area (Å²) in [6.45, 7) is 3.52. The number of benzene rings is 2. The van der Waals surface area contributed by atoms with Gasteiger partial charge in [-0.3, -0.25) is 9.59 Å². The third kappa shape index (κ3) is 5.13. The monoisotopic (exact) mass is 421 g/mol. The van der Waals surface area contributed by atoms with E-state index in [4.69, 9.17) is 0 Å². The van der Waals surface area contributed by atoms with Crippen LogP contribution in [0, 0.1) is 11.7 Å². The van der Waals surface area contributed by atoms with Crippen LogP contribution in [0.15, 0.2) is 60.7 Å². The second kappa shape index (κ2) is 9.77. The number of piperidine rings is 1. The van der Waals surface area contributed by atoms with Crippen LogP contribution in [0.25, 0.3) is 6.08 Å². The van der Waals surface area contributed by atoms with Crippen molar-refractivity contribution in [2.24, 2.45) is 5.92 Å². The largest absolute Gasteiger partial charge is 0.366 e. The summed E-state index contributed by atoms with van der Waals surface area (Å²) in [5, 5.41) is 0. The number of likely N-dealkylation sites (tertiary alicyclic amines) is 1. The maximum absolute atomic E-state index is 14.0. The fraction of sp³-hybridized carbons (Fsp3) is 0.360. The molecule has 0 saturated carbocycles. The van der Waals surface area contributed by atoms with Gasteiger partial charge in [-0.25, -0.2) is 4.39 Å². The van der Waals surface area contributed by atoms with Gasteiger partial charge in [0.2, 0.25) is 11.8 Å². The molecule has 2 aromatic rings. The zero-order valence-electron chi connectivity index (χ0n) is 17.6. The number of anilines is 1. The van der Waals surface area contributed by atoms with Crippen molar-refractivity contribution in [3.8, 4) is 0 Å². The molecular weight excluding hydrogens is 393 g/mol. The minimum atomic E-state index is -0.229. The number of piperazine rings is 1. The van der Waals surface area contributed by atoms with Crippen molar-refractivity contribution in [2.45, 2.75) is 12.8 Å². The van der Waals surface area contributed by atoms with Crippen molar-refractivity contribution in [1.82, 2.24) is 9.80 Å². The number of nitrogens with zero attached hydrogens (tertiary/aromatic N) is 3. The standard InChI is InChI=1S/C25H28FN3O2/c26-22-10-4-5-11-23(22)27-15-17-28(18-16-27)25(31)21-9-6-14-29(19-21)24(30)13-12-20-7-2-1-3-8-20/h1-5,7-8,10-13,21H,6,9,14-19H2/b13-12+/t21-/m0/s1. The molecule has 2 aromatic carbocycles. The van der Waals surface area contributed by atoms with E-state index >= 15 is 0 Å². The number of hydrogen-bond acceptors (Lipinski definition) is 3. The van der Waals surface area contributed by atoms with E-state index in [1.54, 1.807) is 23.1 Å². The smallest absolute Gasteiger partial charge is 0.246 e. The third-order valence-electron chi connectivity index (χ3n) is 6.08. The number of amides is 2. The molecule has 0 radical (unpaired) electrons. The molecule has 0 spiro atoms. The molecule has 5 nitrogen and oxygen atoms in total. The fourth-order valence-electron chi connectivity index (χ4n) is 4.35. The molecular formula is C25H28FN3O2. The van der Waals surface area contributed by atoms with Gasteiger partial charge in [0.1, 0.15) is 5.82 Å². The Morgan fingerprint density at radius 1 is 0.871 bits per heavy atom. The summed E-state index contributed by atoms with van der Waals surface area (Å²) in [4.78, 5) is 31.3. The first-order chi connectivity index (χ1) is 15.1. The second-order valence-electron chi connectivity index (χ2n) is 8.13. The van der Waals surface area contributed by atoms with E-state index in [1.807, 2.05) is 52.3 Å². The molecule has 0 N–H and O–H groups in total. The highest BCUT2D eigenvalue weighted by Crippen LogP contribution is 2.23. The van der Waals surface area contributed by atoms with Gasteiger partial charge >= 0.3 is 0 Å². The van der Waals surface area contributed by atoms with Crippen molar-refractivity contribution < 1.29 is 14.0 Å². The molecule has 0 bridgehead atoms. The van der Waals surface area contributed by atoms with Crippen LogP contribution in [0.4, 0.5) is 10.1 Å². The average molecular weight is 422 g/mol. The second-order valence-corrected chi connectivity index (χ2v) is 8.13. The lowest BCUT2D eigenvalue weighted by Crippen LogP contribution is -2.53. The molecule has 0 aliphatic carbocycles. The number of halogens is 1. The number of carbonyl (C=O) groups is 2. The lowest BCUT2D eigenvalue weighted by Gasteiger charge is -2.39. The van der Waals surface area contributed by atoms with Crippen LogP contribution in [-0.2, 0) is 9.59 Å². The predicted molar refractivity (Wildman–Crippen MR) is 120 cm³/mol. The summed E-state index contributed by atoms with van der Waals surface area (Å²) in [6.07, 6.45) is 5.04. The topological polar surface area (TPSA) is 43.9 Å². The van der Waals surface area contributed by atoms with Crippen LogP contribution >= 0.6 is 0 Å². The Balaban J connectivity index is 1.31. The lowest BCUT2D eigenvalue weighted by molar-refractivity contribution is -0.139. The summed E-state index contributed by atoms with van der Waals surface area (Å²) in [5.74, 6) is -0.335. The Labute approximate surface area is 182 Å². The SMILES string of the molecule is O=C(/C=C/c1ccccc1)N1CCC[C@H](C(=O)N2CCN(c3ccccc3F)CC2)C1. The Hall–Kier alpha value is -3.15. The van der Waals surface area contributed by atoms with E-state index in [-0.39, 0.29) is 23.5 Å². The molecule has 162 valence electrons. The van der Waals surface area contributed by atoms with Gasteiger partial charge in [0.25, 0.3) is 0 Å². The first-order valence-corrected chi connectivity index (χ1v) is 10.9. The van der Waals surface area contributed by atoms with Gasteiger partial charge in [-0.15, -0.1) is 0 Å². The van der Waals surface area contributed by atoms with Gasteiger partial charge in [-0.2, -0.15) is 0 Å². The zero-order valence-corrected chi connectivity index (χ0v) is 17.6. The van der Waals surface area contributed by atoms with E-state index in [0.29, 0.717) is 45.0 Å². The van der Waals surface area contributed by atoms with Crippen molar-refractivity contribution in [1.29, 1.82) is 0 Å². The Bertz CT molecular complexity index is 939. The normalized spacial score (nSPS) is 19.6. The quantitative estimate of drug-likeness (QED) is 0.711. The van der Waals surface area contributed by atoms with Crippen LogP contribution < -0.4 is 4.90 Å². The molecule has 6 heteroatoms. The minimum Gasteiger partial charge on any atom is -0.366 e. The number of carbonyl (C=O) groups excluding carboxylic acids is 2. The van der Waals surface area contributed by atoms with Gasteiger partial charge in [0, 0.05) is 45.3 Å². The molecule has 0 unspecified atom stereocenters. The summed E-state index contributed by atoms with van der Waals surface area (Å²) in [7, 11) is 0. The molecule has 2 heterocycles. The third-order valence-corrected chi connectivity index (χ3v) is 6.08. The summed E-state index contributed by atoms with van der Waals surface area (Å²) in [6, 6.07) is 16.5. The highest BCUT2D eigenvalue weighted by molar-refractivity contribution is 5.92. The molecule has 2 amide bonds. The molecule has 1 atom stereocenters. The first kappa shape index (κ1) is 21.1. The number of para-hydroxylation sites is 1. The maximum Gasteiger partial charge on any atom is 0.246 e. The molecule has 2 fully saturated rings. The predicted octanol–water partition coefficient (Wildman–Crippen LogP) is 3.43. The van der Waals surface area contributed by atoms with Gasteiger partial charge in [0.15, 0.2) is 0 Å². The van der Waals surface area contributed by atoms with Crippen LogP contribution in [-0.4, -0.2) is 60.9 Å². The van der Waals surface area contributed by atoms with Crippen molar-refractivity contribution in [2.75, 3.05) is 44.2 Å². The molecule has 2 aliphatic rings. The highest BCUT2D eigenvalue weighted by atomic mass is 19.1. The van der Waals surface area contributed by atoms with E-state index < -0.39 is 0 Å². The van der Waals surface area contributed by atoms with E-state index in [0.717, 1.165) is 18.4 Å². The van der Waals surface area contributed by atoms with Crippen molar-refractivity contribution in [3.05, 3.63) is 72.1 Å². The first-order valence-electron chi connectivity index (χ1n) is 10.9. The van der Waals surface area contributed by atoms with E-state index in [2.05, 4.69) is 0 Å². The van der Waals surface area contributed by atoms with E-state index in [1.165, 1.54) is 6.07 Å². The number of rotatable bonds is 4. The van der Waals surface area contributed by atoms with Gasteiger partial charge in [-0.1, -0.05) is 42.5 Å². The van der Waals surface area contributed by atoms with E-state index in [9.17, 15) is 14.0 Å². The fourth-order valence-corrected chi connectivity index (χ4v) is 4.35. The molecule has 2 saturated heterocycles. The minimum absolute atomic E-state index is 0.0503. The molecule has 31 heavy (non-hydrogen) atoms. The van der Waals surface area contributed by atoms with Crippen LogP contribution in [0.2, 0.25) is 0 Å². The molecule has 2 aliphatic heterocycles. The zero-order chi connectivity index (χ0) is 21.6. The Morgan fingerprint density at radius 2 is 1.58 bits per heavy atom. The summed E-state index contributed by atoms with van der Waals surface area (Å²) in [5.41, 5.74) is 1.57.